The summed E-state index contributed by atoms with van der Waals surface area (Å²) in [5, 5.41) is 10.5. The molecule has 5 nitrogen and oxygen atoms in total. The van der Waals surface area contributed by atoms with Crippen molar-refractivity contribution in [2.75, 3.05) is 13.6 Å². The molecule has 1 aromatic heterocycles. The Hall–Kier alpha value is -2.14. The summed E-state index contributed by atoms with van der Waals surface area (Å²) in [5.74, 6) is -0.0308. The predicted molar refractivity (Wildman–Crippen MR) is 81.0 cm³/mol. The number of nitrogens with one attached hydrogen (secondary N) is 2. The summed E-state index contributed by atoms with van der Waals surface area (Å²) in [6.45, 7) is 4.29. The number of benzene rings is 1. The molecule has 1 aliphatic rings. The number of H-pyrrole nitrogens is 1. The Labute approximate surface area is 124 Å². The van der Waals surface area contributed by atoms with Crippen molar-refractivity contribution in [1.82, 2.24) is 20.4 Å². The van der Waals surface area contributed by atoms with Gasteiger partial charge in [0, 0.05) is 44.4 Å². The van der Waals surface area contributed by atoms with E-state index in [1.807, 2.05) is 7.05 Å². The highest BCUT2D eigenvalue weighted by Crippen LogP contribution is 2.17. The maximum Gasteiger partial charge on any atom is 0.274 e. The van der Waals surface area contributed by atoms with Gasteiger partial charge in [0.25, 0.3) is 5.91 Å². The van der Waals surface area contributed by atoms with Crippen LogP contribution in [-0.2, 0) is 19.5 Å². The van der Waals surface area contributed by atoms with Gasteiger partial charge in [0.2, 0.25) is 0 Å². The van der Waals surface area contributed by atoms with Crippen LogP contribution in [0.2, 0.25) is 0 Å². The zero-order chi connectivity index (χ0) is 14.8. The standard InChI is InChI=1S/C16H20N4O/c1-11-3-5-12(6-4-11)10-20(2)16(21)15-13-9-17-8-7-14(13)18-19-15/h3-6,17H,7-10H2,1-2H3,(H,18,19). The number of carbonyl (C=O) groups is 1. The van der Waals surface area contributed by atoms with Crippen molar-refractivity contribution in [3.63, 3.8) is 0 Å². The number of aromatic nitrogens is 2. The third-order valence-electron chi connectivity index (χ3n) is 3.90. The van der Waals surface area contributed by atoms with Crippen molar-refractivity contribution in [3.05, 3.63) is 52.3 Å². The SMILES string of the molecule is Cc1ccc(CN(C)C(=O)c2n[nH]c3c2CNCC3)cc1. The average Bonchev–Trinajstić information content (AvgIpc) is 2.92. The lowest BCUT2D eigenvalue weighted by atomic mass is 10.1. The molecule has 0 fully saturated rings. The number of rotatable bonds is 3. The van der Waals surface area contributed by atoms with E-state index in [9.17, 15) is 4.79 Å². The van der Waals surface area contributed by atoms with Gasteiger partial charge in [0.15, 0.2) is 5.69 Å². The van der Waals surface area contributed by atoms with Crippen LogP contribution in [0, 0.1) is 6.92 Å². The molecule has 3 rings (SSSR count). The first-order valence-electron chi connectivity index (χ1n) is 7.23. The van der Waals surface area contributed by atoms with Crippen LogP contribution >= 0.6 is 0 Å². The summed E-state index contributed by atoms with van der Waals surface area (Å²) < 4.78 is 0. The first kappa shape index (κ1) is 13.8. The molecule has 5 heteroatoms. The molecule has 0 atom stereocenters. The van der Waals surface area contributed by atoms with Crippen molar-refractivity contribution in [1.29, 1.82) is 0 Å². The Morgan fingerprint density at radius 2 is 2.10 bits per heavy atom. The highest BCUT2D eigenvalue weighted by molar-refractivity contribution is 5.93. The minimum atomic E-state index is -0.0308. The predicted octanol–water partition coefficient (Wildman–Crippen LogP) is 1.64. The normalized spacial score (nSPS) is 13.8. The molecule has 0 bridgehead atoms. The van der Waals surface area contributed by atoms with Gasteiger partial charge in [-0.2, -0.15) is 5.10 Å². The lowest BCUT2D eigenvalue weighted by Crippen LogP contribution is -2.29. The molecule has 2 heterocycles. The van der Waals surface area contributed by atoms with Gasteiger partial charge >= 0.3 is 0 Å². The van der Waals surface area contributed by atoms with Crippen LogP contribution in [0.4, 0.5) is 0 Å². The van der Waals surface area contributed by atoms with E-state index in [1.54, 1.807) is 4.90 Å². The Bertz CT molecular complexity index is 645. The monoisotopic (exact) mass is 284 g/mol. The van der Waals surface area contributed by atoms with Gasteiger partial charge in [0.05, 0.1) is 0 Å². The molecule has 1 aliphatic heterocycles. The van der Waals surface area contributed by atoms with Gasteiger partial charge < -0.3 is 10.2 Å². The molecule has 2 aromatic rings. The van der Waals surface area contributed by atoms with E-state index in [1.165, 1.54) is 5.56 Å². The fraction of sp³-hybridized carbons (Fsp3) is 0.375. The number of nitrogens with zero attached hydrogens (tertiary/aromatic N) is 2. The Balaban J connectivity index is 1.75. The van der Waals surface area contributed by atoms with Gasteiger partial charge in [0.1, 0.15) is 0 Å². The summed E-state index contributed by atoms with van der Waals surface area (Å²) in [6.07, 6.45) is 0.900. The summed E-state index contributed by atoms with van der Waals surface area (Å²) in [6, 6.07) is 8.24. The maximum absolute atomic E-state index is 12.6. The largest absolute Gasteiger partial charge is 0.336 e. The fourth-order valence-electron chi connectivity index (χ4n) is 2.62. The molecule has 0 unspecified atom stereocenters. The Morgan fingerprint density at radius 1 is 1.33 bits per heavy atom. The second-order valence-electron chi connectivity index (χ2n) is 5.60. The second-order valence-corrected chi connectivity index (χ2v) is 5.60. The average molecular weight is 284 g/mol. The molecule has 1 aromatic carbocycles. The van der Waals surface area contributed by atoms with E-state index < -0.39 is 0 Å². The number of hydrogen-bond acceptors (Lipinski definition) is 3. The van der Waals surface area contributed by atoms with E-state index >= 15 is 0 Å². The van der Waals surface area contributed by atoms with Gasteiger partial charge in [-0.1, -0.05) is 29.8 Å². The highest BCUT2D eigenvalue weighted by Gasteiger charge is 2.23. The van der Waals surface area contributed by atoms with Crippen LogP contribution < -0.4 is 5.32 Å². The summed E-state index contributed by atoms with van der Waals surface area (Å²) >= 11 is 0. The van der Waals surface area contributed by atoms with Crippen LogP contribution in [0.1, 0.15) is 32.9 Å². The molecule has 0 saturated heterocycles. The minimum absolute atomic E-state index is 0.0308. The van der Waals surface area contributed by atoms with Gasteiger partial charge in [-0.3, -0.25) is 9.89 Å². The zero-order valence-electron chi connectivity index (χ0n) is 12.4. The number of aromatic amines is 1. The first-order chi connectivity index (χ1) is 10.1. The summed E-state index contributed by atoms with van der Waals surface area (Å²) in [7, 11) is 1.82. The third-order valence-corrected chi connectivity index (χ3v) is 3.90. The summed E-state index contributed by atoms with van der Waals surface area (Å²) in [5.41, 5.74) is 4.99. The van der Waals surface area contributed by atoms with E-state index in [4.69, 9.17) is 0 Å². The minimum Gasteiger partial charge on any atom is -0.336 e. The maximum atomic E-state index is 12.6. The van der Waals surface area contributed by atoms with Crippen LogP contribution in [-0.4, -0.2) is 34.6 Å². The Morgan fingerprint density at radius 3 is 2.86 bits per heavy atom. The van der Waals surface area contributed by atoms with Gasteiger partial charge in [-0.05, 0) is 12.5 Å². The number of fused-ring (bicyclic) bond motifs is 1. The molecule has 0 aliphatic carbocycles. The summed E-state index contributed by atoms with van der Waals surface area (Å²) in [4.78, 5) is 14.3. The molecule has 0 saturated carbocycles. The van der Waals surface area contributed by atoms with Crippen molar-refractivity contribution >= 4 is 5.91 Å². The van der Waals surface area contributed by atoms with E-state index in [-0.39, 0.29) is 5.91 Å². The van der Waals surface area contributed by atoms with Crippen LogP contribution in [0.5, 0.6) is 0 Å². The van der Waals surface area contributed by atoms with Crippen molar-refractivity contribution in [3.8, 4) is 0 Å². The lowest BCUT2D eigenvalue weighted by molar-refractivity contribution is 0.0778. The fourth-order valence-corrected chi connectivity index (χ4v) is 2.62. The van der Waals surface area contributed by atoms with Gasteiger partial charge in [-0.15, -0.1) is 0 Å². The Kier molecular flexibility index (Phi) is 3.75. The second kappa shape index (κ2) is 5.69. The number of hydrogen-bond donors (Lipinski definition) is 2. The third kappa shape index (κ3) is 2.83. The van der Waals surface area contributed by atoms with Crippen molar-refractivity contribution in [2.45, 2.75) is 26.4 Å². The molecular formula is C16H20N4O. The van der Waals surface area contributed by atoms with Gasteiger partial charge in [-0.25, -0.2) is 0 Å². The quantitative estimate of drug-likeness (QED) is 0.900. The topological polar surface area (TPSA) is 61.0 Å². The first-order valence-corrected chi connectivity index (χ1v) is 7.23. The lowest BCUT2D eigenvalue weighted by Gasteiger charge is -2.18. The molecule has 110 valence electrons. The van der Waals surface area contributed by atoms with Crippen LogP contribution in [0.25, 0.3) is 0 Å². The van der Waals surface area contributed by atoms with E-state index in [0.29, 0.717) is 18.8 Å². The molecular weight excluding hydrogens is 264 g/mol. The number of aryl methyl sites for hydroxylation is 1. The highest BCUT2D eigenvalue weighted by atomic mass is 16.2. The van der Waals surface area contributed by atoms with Crippen LogP contribution in [0.3, 0.4) is 0 Å². The molecule has 1 amide bonds. The van der Waals surface area contributed by atoms with Crippen molar-refractivity contribution in [2.24, 2.45) is 0 Å². The molecule has 0 spiro atoms. The van der Waals surface area contributed by atoms with E-state index in [0.717, 1.165) is 29.8 Å². The molecule has 0 radical (unpaired) electrons. The van der Waals surface area contributed by atoms with E-state index in [2.05, 4.69) is 46.7 Å². The number of carbonyl (C=O) groups excluding carboxylic acids is 1. The molecule has 21 heavy (non-hydrogen) atoms. The van der Waals surface area contributed by atoms with Crippen molar-refractivity contribution < 1.29 is 4.79 Å². The zero-order valence-corrected chi connectivity index (χ0v) is 12.4. The number of amides is 1. The smallest absolute Gasteiger partial charge is 0.274 e. The molecule has 2 N–H and O–H groups in total. The van der Waals surface area contributed by atoms with Crippen LogP contribution in [0.15, 0.2) is 24.3 Å².